The molecule has 100 valence electrons. The van der Waals surface area contributed by atoms with Gasteiger partial charge >= 0.3 is 33.9 Å². The van der Waals surface area contributed by atoms with Gasteiger partial charge in [0.15, 0.2) is 5.78 Å². The molecule has 0 saturated heterocycles. The van der Waals surface area contributed by atoms with Crippen LogP contribution in [0.5, 0.6) is 0 Å². The Morgan fingerprint density at radius 3 is 1.60 bits per heavy atom. The zero-order valence-corrected chi connectivity index (χ0v) is 12.9. The molecule has 5 heteroatoms. The van der Waals surface area contributed by atoms with Gasteiger partial charge in [-0.2, -0.15) is 0 Å². The fourth-order valence-corrected chi connectivity index (χ4v) is 1.28. The molecule has 0 amide bonds. The molecule has 0 aromatic heterocycles. The summed E-state index contributed by atoms with van der Waals surface area (Å²) in [5.74, 6) is 0.844. The number of Topliss-reactive ketones (excluding diaryl/α,β-unsaturated/α-hetero) is 1. The van der Waals surface area contributed by atoms with Crippen LogP contribution in [-0.2, 0) is 34.4 Å². The maximum atomic E-state index is 11.7. The van der Waals surface area contributed by atoms with Crippen molar-refractivity contribution in [1.82, 2.24) is 0 Å². The Morgan fingerprint density at radius 2 is 1.20 bits per heavy atom. The number of carbonyl (C=O) groups is 1. The van der Waals surface area contributed by atoms with E-state index in [-0.39, 0.29) is 26.2 Å². The average Bonchev–Trinajstić information content (AvgIpc) is 3.08. The van der Waals surface area contributed by atoms with Crippen LogP contribution in [-0.4, -0.2) is 5.78 Å². The molecule has 20 heavy (non-hydrogen) atoms. The second kappa shape index (κ2) is 17.8. The van der Waals surface area contributed by atoms with E-state index < -0.39 is 0 Å². The number of hydrogen-bond donors (Lipinski definition) is 0. The van der Waals surface area contributed by atoms with Crippen molar-refractivity contribution in [3.8, 4) is 0 Å². The molecule has 0 bridgehead atoms. The minimum absolute atomic E-state index is 0. The summed E-state index contributed by atoms with van der Waals surface area (Å²) in [6.07, 6.45) is 7.40. The molecule has 1 aromatic carbocycles. The van der Waals surface area contributed by atoms with Crippen molar-refractivity contribution in [3.05, 3.63) is 87.4 Å². The molecule has 1 aromatic rings. The molecule has 4 nitrogen and oxygen atoms in total. The Bertz CT molecular complexity index is 389. The molecule has 0 N–H and O–H groups in total. The van der Waals surface area contributed by atoms with E-state index in [4.69, 9.17) is 14.0 Å². The van der Waals surface area contributed by atoms with Crippen molar-refractivity contribution in [2.45, 2.75) is 0 Å². The van der Waals surface area contributed by atoms with Gasteiger partial charge in [0.1, 0.15) is 0 Å². The van der Waals surface area contributed by atoms with Crippen LogP contribution in [0.3, 0.4) is 0 Å². The first kappa shape index (κ1) is 23.8. The maximum absolute atomic E-state index is 11.7. The molecular weight excluding hydrogens is 430 g/mol. The Hall–Kier alpha value is -1.23. The third-order valence-electron chi connectivity index (χ3n) is 1.96. The van der Waals surface area contributed by atoms with Crippen LogP contribution in [0.25, 0.3) is 0 Å². The average molecular weight is 439 g/mol. The van der Waals surface area contributed by atoms with Gasteiger partial charge in [0.2, 0.25) is 0 Å². The minimum atomic E-state index is 0. The largest absolute Gasteiger partial charge is 0 e. The maximum Gasteiger partial charge on any atom is 0 e. The van der Waals surface area contributed by atoms with Crippen LogP contribution in [0.4, 0.5) is 0 Å². The Labute approximate surface area is 132 Å². The number of benzene rings is 1. The first-order valence-corrected chi connectivity index (χ1v) is 4.80. The second-order valence-corrected chi connectivity index (χ2v) is 2.87. The van der Waals surface area contributed by atoms with Crippen molar-refractivity contribution in [2.24, 2.45) is 0 Å². The predicted octanol–water partition coefficient (Wildman–Crippen LogP) is 2.16. The van der Waals surface area contributed by atoms with Crippen LogP contribution >= 0.6 is 0 Å². The Kier molecular flexibility index (Phi) is 21.2. The second-order valence-electron chi connectivity index (χ2n) is 2.87. The summed E-state index contributed by atoms with van der Waals surface area (Å²) in [6, 6.07) is 9.30. The van der Waals surface area contributed by atoms with Crippen LogP contribution < -0.4 is 0 Å². The SMILES string of the molecule is O=C([C]1[CH][CH][CH][CH]1)c1ccccc1.[C-]#[O+].[C-]#[O+].[C-]#[O+].[Re]. The molecule has 6 radical (unpaired) electrons. The summed E-state index contributed by atoms with van der Waals surface area (Å²) in [4.78, 5) is 11.7. The van der Waals surface area contributed by atoms with Crippen molar-refractivity contribution in [2.75, 3.05) is 0 Å². The molecule has 1 aliphatic carbocycles. The third kappa shape index (κ3) is 8.80. The van der Waals surface area contributed by atoms with Gasteiger partial charge in [-0.1, -0.05) is 30.3 Å². The summed E-state index contributed by atoms with van der Waals surface area (Å²) in [6.45, 7) is 13.5. The van der Waals surface area contributed by atoms with E-state index >= 15 is 0 Å². The fourth-order valence-electron chi connectivity index (χ4n) is 1.28. The first-order chi connectivity index (χ1) is 9.38. The van der Waals surface area contributed by atoms with Crippen molar-refractivity contribution >= 4 is 5.78 Å². The number of carbonyl (C=O) groups excluding carboxylic acids is 1. The van der Waals surface area contributed by atoms with Crippen LogP contribution in [0.2, 0.25) is 0 Å². The molecule has 2 rings (SSSR count). The minimum Gasteiger partial charge on any atom is 0 e. The van der Waals surface area contributed by atoms with Crippen LogP contribution in [0.1, 0.15) is 10.4 Å². The summed E-state index contributed by atoms with van der Waals surface area (Å²) in [5, 5.41) is 0. The van der Waals surface area contributed by atoms with E-state index in [9.17, 15) is 4.79 Å². The molecule has 0 spiro atoms. The molecule has 1 saturated carbocycles. The van der Waals surface area contributed by atoms with E-state index in [1.54, 1.807) is 0 Å². The summed E-state index contributed by atoms with van der Waals surface area (Å²) in [5.41, 5.74) is 0.744. The van der Waals surface area contributed by atoms with E-state index in [1.807, 2.05) is 56.0 Å². The molecule has 1 aliphatic rings. The Balaban J connectivity index is -0.000000368. The van der Waals surface area contributed by atoms with Gasteiger partial charge in [-0.15, -0.1) is 0 Å². The van der Waals surface area contributed by atoms with Crippen molar-refractivity contribution in [3.63, 3.8) is 0 Å². The van der Waals surface area contributed by atoms with Gasteiger partial charge in [-0.05, 0) is 25.7 Å². The molecule has 1 fully saturated rings. The van der Waals surface area contributed by atoms with E-state index in [0.29, 0.717) is 0 Å². The topological polar surface area (TPSA) is 76.8 Å². The standard InChI is InChI=1S/C12H9O.3CO.Re/c13-12(11-8-4-5-9-11)10-6-2-1-3-7-10;3*1-2;/h1-9H;;;;. The van der Waals surface area contributed by atoms with E-state index in [1.165, 1.54) is 0 Å². The van der Waals surface area contributed by atoms with Gasteiger partial charge < -0.3 is 0 Å². The zero-order chi connectivity index (χ0) is 15.1. The summed E-state index contributed by atoms with van der Waals surface area (Å²) in [7, 11) is 0. The Morgan fingerprint density at radius 1 is 0.800 bits per heavy atom. The normalized spacial score (nSPS) is 11.7. The molecule has 0 atom stereocenters. The van der Waals surface area contributed by atoms with Gasteiger partial charge in [-0.3, -0.25) is 4.79 Å². The summed E-state index contributed by atoms with van der Waals surface area (Å²) >= 11 is 0. The molecule has 0 aliphatic heterocycles. The van der Waals surface area contributed by atoms with Gasteiger partial charge in [0.25, 0.3) is 0 Å². The van der Waals surface area contributed by atoms with E-state index in [0.717, 1.165) is 11.5 Å². The number of hydrogen-bond acceptors (Lipinski definition) is 1. The van der Waals surface area contributed by atoms with Crippen molar-refractivity contribution < 1.29 is 39.2 Å². The predicted molar refractivity (Wildman–Crippen MR) is 63.0 cm³/mol. The fraction of sp³-hybridized carbons (Fsp3) is 0. The molecular formula is C15H9O4Re. The molecule has 0 unspecified atom stereocenters. The third-order valence-corrected chi connectivity index (χ3v) is 1.96. The van der Waals surface area contributed by atoms with Gasteiger partial charge in [-0.25, -0.2) is 0 Å². The zero-order valence-electron chi connectivity index (χ0n) is 10.2. The summed E-state index contributed by atoms with van der Waals surface area (Å²) < 4.78 is 22.5. The van der Waals surface area contributed by atoms with Gasteiger partial charge in [0, 0.05) is 26.0 Å². The number of ketones is 1. The van der Waals surface area contributed by atoms with Crippen LogP contribution in [0, 0.1) is 51.6 Å². The molecule has 0 heterocycles. The van der Waals surface area contributed by atoms with E-state index in [2.05, 4.69) is 20.0 Å². The number of rotatable bonds is 2. The monoisotopic (exact) mass is 440 g/mol. The first-order valence-electron chi connectivity index (χ1n) is 4.80. The van der Waals surface area contributed by atoms with Crippen molar-refractivity contribution in [1.29, 1.82) is 0 Å². The van der Waals surface area contributed by atoms with Gasteiger partial charge in [0.05, 0.1) is 5.92 Å². The quantitative estimate of drug-likeness (QED) is 0.395. The van der Waals surface area contributed by atoms with Crippen LogP contribution in [0.15, 0.2) is 30.3 Å². The smallest absolute Gasteiger partial charge is 0 e.